The second kappa shape index (κ2) is 3.67. The van der Waals surface area contributed by atoms with E-state index in [4.69, 9.17) is 5.11 Å². The van der Waals surface area contributed by atoms with Crippen LogP contribution in [0.3, 0.4) is 0 Å². The van der Waals surface area contributed by atoms with Crippen molar-refractivity contribution in [1.29, 1.82) is 0 Å². The zero-order valence-electron chi connectivity index (χ0n) is 9.69. The van der Waals surface area contributed by atoms with Gasteiger partial charge in [0.1, 0.15) is 0 Å². The van der Waals surface area contributed by atoms with Crippen molar-refractivity contribution in [2.75, 3.05) is 0 Å². The van der Waals surface area contributed by atoms with Crippen molar-refractivity contribution in [2.24, 2.45) is 0 Å². The van der Waals surface area contributed by atoms with E-state index in [1.807, 2.05) is 13.0 Å². The number of nitrogens with zero attached hydrogens (tertiary/aromatic N) is 1. The normalized spacial score (nSPS) is 11.2. The third-order valence-corrected chi connectivity index (χ3v) is 2.80. The summed E-state index contributed by atoms with van der Waals surface area (Å²) in [7, 11) is 0. The van der Waals surface area contributed by atoms with E-state index in [2.05, 4.69) is 24.5 Å². The predicted octanol–water partition coefficient (Wildman–Crippen LogP) is 3.23. The molecule has 0 amide bonds. The molecular weight excluding hydrogens is 202 g/mol. The molecule has 0 aliphatic rings. The van der Waals surface area contributed by atoms with Crippen LogP contribution in [-0.4, -0.2) is 15.6 Å². The molecule has 0 aliphatic heterocycles. The van der Waals surface area contributed by atoms with E-state index >= 15 is 0 Å². The van der Waals surface area contributed by atoms with E-state index in [0.29, 0.717) is 11.6 Å². The van der Waals surface area contributed by atoms with Crippen molar-refractivity contribution in [3.8, 4) is 0 Å². The highest BCUT2D eigenvalue weighted by Crippen LogP contribution is 2.24. The summed E-state index contributed by atoms with van der Waals surface area (Å²) in [5.74, 6) is -0.879. The first-order chi connectivity index (χ1) is 7.50. The number of benzene rings is 1. The second-order valence-electron chi connectivity index (χ2n) is 4.33. The van der Waals surface area contributed by atoms with Crippen molar-refractivity contribution in [3.05, 3.63) is 35.5 Å². The van der Waals surface area contributed by atoms with Crippen LogP contribution >= 0.6 is 0 Å². The molecule has 1 aromatic heterocycles. The van der Waals surface area contributed by atoms with Crippen molar-refractivity contribution < 1.29 is 9.90 Å². The molecule has 0 saturated heterocycles. The van der Waals surface area contributed by atoms with Gasteiger partial charge in [-0.25, -0.2) is 4.79 Å². The van der Waals surface area contributed by atoms with Crippen LogP contribution in [0.4, 0.5) is 0 Å². The number of aromatic nitrogens is 1. The van der Waals surface area contributed by atoms with Crippen LogP contribution in [0.2, 0.25) is 0 Å². The van der Waals surface area contributed by atoms with Crippen LogP contribution in [0.1, 0.15) is 35.9 Å². The fourth-order valence-electron chi connectivity index (χ4n) is 2.18. The summed E-state index contributed by atoms with van der Waals surface area (Å²) < 4.78 is 2.15. The van der Waals surface area contributed by atoms with Crippen molar-refractivity contribution >= 4 is 16.9 Å². The maximum absolute atomic E-state index is 10.9. The Morgan fingerprint density at radius 1 is 1.31 bits per heavy atom. The van der Waals surface area contributed by atoms with Gasteiger partial charge in [0, 0.05) is 17.3 Å². The van der Waals surface area contributed by atoms with Gasteiger partial charge in [0.25, 0.3) is 0 Å². The highest BCUT2D eigenvalue weighted by Gasteiger charge is 2.11. The van der Waals surface area contributed by atoms with Gasteiger partial charge in [-0.3, -0.25) is 0 Å². The first-order valence-corrected chi connectivity index (χ1v) is 5.35. The number of rotatable bonds is 2. The maximum Gasteiger partial charge on any atom is 0.335 e. The fourth-order valence-corrected chi connectivity index (χ4v) is 2.18. The van der Waals surface area contributed by atoms with Crippen LogP contribution in [0.15, 0.2) is 24.3 Å². The predicted molar refractivity (Wildman–Crippen MR) is 64.0 cm³/mol. The van der Waals surface area contributed by atoms with Crippen LogP contribution in [-0.2, 0) is 0 Å². The molecule has 1 heterocycles. The molecule has 0 aliphatic carbocycles. The number of aromatic carboxylic acids is 1. The van der Waals surface area contributed by atoms with Crippen molar-refractivity contribution in [2.45, 2.75) is 26.8 Å². The average Bonchev–Trinajstić information content (AvgIpc) is 2.51. The quantitative estimate of drug-likeness (QED) is 0.839. The monoisotopic (exact) mass is 217 g/mol. The summed E-state index contributed by atoms with van der Waals surface area (Å²) in [6.45, 7) is 6.24. The van der Waals surface area contributed by atoms with Gasteiger partial charge in [0.15, 0.2) is 0 Å². The Hall–Kier alpha value is -1.77. The van der Waals surface area contributed by atoms with E-state index in [1.165, 1.54) is 0 Å². The van der Waals surface area contributed by atoms with Crippen LogP contribution < -0.4 is 0 Å². The minimum atomic E-state index is -0.879. The zero-order valence-corrected chi connectivity index (χ0v) is 9.69. The molecular formula is C13H15NO2. The molecule has 3 nitrogen and oxygen atoms in total. The largest absolute Gasteiger partial charge is 0.478 e. The lowest BCUT2D eigenvalue weighted by Crippen LogP contribution is -2.03. The highest BCUT2D eigenvalue weighted by atomic mass is 16.4. The summed E-state index contributed by atoms with van der Waals surface area (Å²) in [6, 6.07) is 7.67. The molecule has 1 N–H and O–H groups in total. The summed E-state index contributed by atoms with van der Waals surface area (Å²) in [4.78, 5) is 10.9. The third-order valence-electron chi connectivity index (χ3n) is 2.80. The number of carbonyl (C=O) groups is 1. The number of carboxylic acids is 1. The Balaban J connectivity index is 2.74. The van der Waals surface area contributed by atoms with Gasteiger partial charge in [-0.05, 0) is 44.4 Å². The molecule has 0 saturated carbocycles. The summed E-state index contributed by atoms with van der Waals surface area (Å²) in [5.41, 5.74) is 2.49. The summed E-state index contributed by atoms with van der Waals surface area (Å²) in [6.07, 6.45) is 0. The first kappa shape index (κ1) is 10.7. The Labute approximate surface area is 94.3 Å². The van der Waals surface area contributed by atoms with Gasteiger partial charge in [-0.2, -0.15) is 0 Å². The van der Waals surface area contributed by atoms with E-state index in [0.717, 1.165) is 16.6 Å². The molecule has 0 fully saturated rings. The Kier molecular flexibility index (Phi) is 2.46. The maximum atomic E-state index is 10.9. The fraction of sp³-hybridized carbons (Fsp3) is 0.308. The molecule has 3 heteroatoms. The van der Waals surface area contributed by atoms with Gasteiger partial charge in [-0.15, -0.1) is 0 Å². The smallest absolute Gasteiger partial charge is 0.335 e. The minimum Gasteiger partial charge on any atom is -0.478 e. The molecule has 0 radical (unpaired) electrons. The molecule has 0 atom stereocenters. The lowest BCUT2D eigenvalue weighted by atomic mass is 10.1. The third kappa shape index (κ3) is 1.58. The number of hydrogen-bond donors (Lipinski definition) is 1. The minimum absolute atomic E-state index is 0.335. The van der Waals surface area contributed by atoms with E-state index in [1.54, 1.807) is 12.1 Å². The highest BCUT2D eigenvalue weighted by molar-refractivity contribution is 5.93. The van der Waals surface area contributed by atoms with Gasteiger partial charge in [0.2, 0.25) is 0 Å². The lowest BCUT2D eigenvalue weighted by molar-refractivity contribution is 0.0697. The number of carboxylic acid groups (broad SMARTS) is 1. The van der Waals surface area contributed by atoms with Gasteiger partial charge < -0.3 is 9.67 Å². The Morgan fingerprint density at radius 3 is 2.56 bits per heavy atom. The van der Waals surface area contributed by atoms with Crippen molar-refractivity contribution in [1.82, 2.24) is 4.57 Å². The number of aryl methyl sites for hydroxylation is 1. The average molecular weight is 217 g/mol. The molecule has 16 heavy (non-hydrogen) atoms. The van der Waals surface area contributed by atoms with Crippen LogP contribution in [0.5, 0.6) is 0 Å². The van der Waals surface area contributed by atoms with E-state index in [-0.39, 0.29) is 0 Å². The van der Waals surface area contributed by atoms with Crippen molar-refractivity contribution in [3.63, 3.8) is 0 Å². The van der Waals surface area contributed by atoms with Crippen LogP contribution in [0.25, 0.3) is 10.9 Å². The summed E-state index contributed by atoms with van der Waals surface area (Å²) in [5, 5.41) is 10.1. The Morgan fingerprint density at radius 2 is 2.00 bits per heavy atom. The molecule has 0 unspecified atom stereocenters. The molecule has 1 aromatic carbocycles. The van der Waals surface area contributed by atoms with Crippen LogP contribution in [0, 0.1) is 6.92 Å². The Bertz CT molecular complexity index is 552. The standard InChI is InChI=1S/C13H15NO2/c1-8(2)14-9(3)6-10-4-5-11(13(15)16)7-12(10)14/h4-8H,1-3H3,(H,15,16). The molecule has 0 spiro atoms. The molecule has 0 bridgehead atoms. The zero-order chi connectivity index (χ0) is 11.9. The van der Waals surface area contributed by atoms with E-state index in [9.17, 15) is 4.79 Å². The first-order valence-electron chi connectivity index (χ1n) is 5.35. The lowest BCUT2D eigenvalue weighted by Gasteiger charge is -2.12. The van der Waals surface area contributed by atoms with E-state index < -0.39 is 5.97 Å². The number of hydrogen-bond acceptors (Lipinski definition) is 1. The topological polar surface area (TPSA) is 42.2 Å². The second-order valence-corrected chi connectivity index (χ2v) is 4.33. The number of fused-ring (bicyclic) bond motifs is 1. The molecule has 2 aromatic rings. The van der Waals surface area contributed by atoms with Gasteiger partial charge >= 0.3 is 5.97 Å². The molecule has 84 valence electrons. The molecule has 2 rings (SSSR count). The SMILES string of the molecule is Cc1cc2ccc(C(=O)O)cc2n1C(C)C. The summed E-state index contributed by atoms with van der Waals surface area (Å²) >= 11 is 0. The van der Waals surface area contributed by atoms with Gasteiger partial charge in [-0.1, -0.05) is 6.07 Å². The van der Waals surface area contributed by atoms with Gasteiger partial charge in [0.05, 0.1) is 5.56 Å².